The molecule has 0 fully saturated rings. The van der Waals surface area contributed by atoms with E-state index in [-0.39, 0.29) is 12.5 Å². The van der Waals surface area contributed by atoms with Crippen molar-refractivity contribution in [3.8, 4) is 0 Å². The smallest absolute Gasteiger partial charge is 0.238 e. The minimum absolute atomic E-state index is 0.0702. The summed E-state index contributed by atoms with van der Waals surface area (Å²) in [5.74, 6) is -0.0721. The van der Waals surface area contributed by atoms with Gasteiger partial charge in [-0.15, -0.1) is 0 Å². The van der Waals surface area contributed by atoms with E-state index in [9.17, 15) is 4.79 Å². The Morgan fingerprint density at radius 1 is 1.42 bits per heavy atom. The molecule has 0 bridgehead atoms. The van der Waals surface area contributed by atoms with Gasteiger partial charge in [0.2, 0.25) is 5.91 Å². The van der Waals surface area contributed by atoms with E-state index in [0.717, 1.165) is 36.5 Å². The van der Waals surface area contributed by atoms with Gasteiger partial charge in [-0.2, -0.15) is 5.10 Å². The largest absolute Gasteiger partial charge is 0.395 e. The van der Waals surface area contributed by atoms with Crippen LogP contribution in [0.1, 0.15) is 31.2 Å². The third kappa shape index (κ3) is 5.00. The first-order valence-electron chi connectivity index (χ1n) is 6.73. The normalized spacial score (nSPS) is 11.0. The quantitative estimate of drug-likeness (QED) is 0.658. The Bertz CT molecular complexity index is 384. The van der Waals surface area contributed by atoms with Gasteiger partial charge in [0.25, 0.3) is 0 Å². The molecule has 1 heterocycles. The predicted octanol–water partition coefficient (Wildman–Crippen LogP) is 1.06. The average molecular weight is 268 g/mol. The molecule has 1 aromatic heterocycles. The fourth-order valence-corrected chi connectivity index (χ4v) is 1.91. The number of aromatic amines is 1. The zero-order valence-corrected chi connectivity index (χ0v) is 12.0. The zero-order chi connectivity index (χ0) is 14.3. The van der Waals surface area contributed by atoms with Gasteiger partial charge in [0.1, 0.15) is 0 Å². The van der Waals surface area contributed by atoms with Gasteiger partial charge >= 0.3 is 0 Å². The van der Waals surface area contributed by atoms with Crippen molar-refractivity contribution in [3.05, 3.63) is 11.4 Å². The van der Waals surface area contributed by atoms with Crippen molar-refractivity contribution in [1.29, 1.82) is 0 Å². The summed E-state index contributed by atoms with van der Waals surface area (Å²) < 4.78 is 0. The van der Waals surface area contributed by atoms with Crippen molar-refractivity contribution in [3.63, 3.8) is 0 Å². The van der Waals surface area contributed by atoms with Crippen molar-refractivity contribution in [2.75, 3.05) is 31.6 Å². The molecular formula is C13H24N4O2. The van der Waals surface area contributed by atoms with E-state index in [0.29, 0.717) is 13.1 Å². The van der Waals surface area contributed by atoms with Crippen LogP contribution >= 0.6 is 0 Å². The van der Waals surface area contributed by atoms with Gasteiger partial charge in [-0.1, -0.05) is 13.3 Å². The second-order valence-electron chi connectivity index (χ2n) is 4.71. The molecule has 1 rings (SSSR count). The minimum atomic E-state index is -0.0721. The number of aromatic nitrogens is 2. The van der Waals surface area contributed by atoms with E-state index >= 15 is 0 Å². The van der Waals surface area contributed by atoms with Crippen LogP contribution in [0.4, 0.5) is 5.69 Å². The number of amides is 1. The molecule has 0 spiro atoms. The molecule has 0 aromatic carbocycles. The summed E-state index contributed by atoms with van der Waals surface area (Å²) in [6, 6.07) is 0. The van der Waals surface area contributed by atoms with Crippen LogP contribution in [0.3, 0.4) is 0 Å². The molecule has 0 atom stereocenters. The molecule has 0 saturated carbocycles. The molecule has 0 aliphatic carbocycles. The second-order valence-corrected chi connectivity index (χ2v) is 4.71. The molecule has 0 aliphatic heterocycles. The summed E-state index contributed by atoms with van der Waals surface area (Å²) in [5.41, 5.74) is 2.39. The standard InChI is InChI=1S/C13H24N4O2/c1-4-5-6-17(7-8-18)9-12(19)14-13-10(2)15-16-11(13)3/h18H,4-9H2,1-3H3,(H,14,19)(H,15,16). The van der Waals surface area contributed by atoms with Crippen LogP contribution in [0.25, 0.3) is 0 Å². The van der Waals surface area contributed by atoms with Crippen LogP contribution in [-0.2, 0) is 4.79 Å². The van der Waals surface area contributed by atoms with E-state index in [1.165, 1.54) is 0 Å². The first-order valence-corrected chi connectivity index (χ1v) is 6.73. The lowest BCUT2D eigenvalue weighted by Crippen LogP contribution is -2.36. The van der Waals surface area contributed by atoms with Gasteiger partial charge in [0, 0.05) is 6.54 Å². The number of H-pyrrole nitrogens is 1. The van der Waals surface area contributed by atoms with Crippen molar-refractivity contribution >= 4 is 11.6 Å². The van der Waals surface area contributed by atoms with Crippen LogP contribution in [-0.4, -0.2) is 52.4 Å². The fraction of sp³-hybridized carbons (Fsp3) is 0.692. The van der Waals surface area contributed by atoms with E-state index in [4.69, 9.17) is 5.11 Å². The van der Waals surface area contributed by atoms with Crippen LogP contribution in [0.5, 0.6) is 0 Å². The third-order valence-electron chi connectivity index (χ3n) is 3.00. The van der Waals surface area contributed by atoms with Gasteiger partial charge in [-0.3, -0.25) is 14.8 Å². The molecule has 0 aliphatic rings. The molecule has 0 saturated heterocycles. The Labute approximate surface area is 114 Å². The Morgan fingerprint density at radius 3 is 2.68 bits per heavy atom. The highest BCUT2D eigenvalue weighted by molar-refractivity contribution is 5.93. The molecule has 19 heavy (non-hydrogen) atoms. The number of carbonyl (C=O) groups is 1. The highest BCUT2D eigenvalue weighted by Crippen LogP contribution is 2.15. The maximum Gasteiger partial charge on any atom is 0.238 e. The number of aliphatic hydroxyl groups excluding tert-OH is 1. The Morgan fingerprint density at radius 2 is 2.16 bits per heavy atom. The first-order chi connectivity index (χ1) is 9.08. The highest BCUT2D eigenvalue weighted by atomic mass is 16.3. The Kier molecular flexibility index (Phi) is 6.52. The van der Waals surface area contributed by atoms with Crippen molar-refractivity contribution in [1.82, 2.24) is 15.1 Å². The van der Waals surface area contributed by atoms with E-state index < -0.39 is 0 Å². The number of unbranched alkanes of at least 4 members (excludes halogenated alkanes) is 1. The lowest BCUT2D eigenvalue weighted by Gasteiger charge is -2.20. The Balaban J connectivity index is 2.52. The van der Waals surface area contributed by atoms with Gasteiger partial charge in [-0.25, -0.2) is 0 Å². The zero-order valence-electron chi connectivity index (χ0n) is 12.0. The van der Waals surface area contributed by atoms with E-state index in [1.54, 1.807) is 0 Å². The lowest BCUT2D eigenvalue weighted by molar-refractivity contribution is -0.117. The number of anilines is 1. The molecule has 6 heteroatoms. The fourth-order valence-electron chi connectivity index (χ4n) is 1.91. The number of rotatable bonds is 8. The topological polar surface area (TPSA) is 81.2 Å². The first kappa shape index (κ1) is 15.7. The summed E-state index contributed by atoms with van der Waals surface area (Å²) in [7, 11) is 0. The number of carbonyl (C=O) groups excluding carboxylic acids is 1. The predicted molar refractivity (Wildman–Crippen MR) is 75.1 cm³/mol. The van der Waals surface area contributed by atoms with E-state index in [2.05, 4.69) is 22.4 Å². The highest BCUT2D eigenvalue weighted by Gasteiger charge is 2.13. The van der Waals surface area contributed by atoms with Crippen LogP contribution in [0.2, 0.25) is 0 Å². The van der Waals surface area contributed by atoms with E-state index in [1.807, 2.05) is 18.7 Å². The summed E-state index contributed by atoms with van der Waals surface area (Å²) in [6.45, 7) is 7.55. The van der Waals surface area contributed by atoms with Crippen molar-refractivity contribution in [2.24, 2.45) is 0 Å². The maximum absolute atomic E-state index is 12.0. The summed E-state index contributed by atoms with van der Waals surface area (Å²) in [4.78, 5) is 13.9. The second kappa shape index (κ2) is 7.91. The van der Waals surface area contributed by atoms with Crippen molar-refractivity contribution in [2.45, 2.75) is 33.6 Å². The number of nitrogens with zero attached hydrogens (tertiary/aromatic N) is 2. The van der Waals surface area contributed by atoms with Gasteiger partial charge in [0.15, 0.2) is 0 Å². The van der Waals surface area contributed by atoms with Crippen LogP contribution in [0, 0.1) is 13.8 Å². The van der Waals surface area contributed by atoms with Crippen LogP contribution in [0.15, 0.2) is 0 Å². The van der Waals surface area contributed by atoms with Gasteiger partial charge in [0.05, 0.1) is 30.2 Å². The molecule has 0 unspecified atom stereocenters. The molecular weight excluding hydrogens is 244 g/mol. The number of aryl methyl sites for hydroxylation is 2. The van der Waals surface area contributed by atoms with Gasteiger partial charge < -0.3 is 10.4 Å². The average Bonchev–Trinajstić information content (AvgIpc) is 2.68. The number of hydrogen-bond donors (Lipinski definition) is 3. The maximum atomic E-state index is 12.0. The molecule has 3 N–H and O–H groups in total. The Hall–Kier alpha value is -1.40. The summed E-state index contributed by atoms with van der Waals surface area (Å²) in [6.07, 6.45) is 2.10. The van der Waals surface area contributed by atoms with Gasteiger partial charge in [-0.05, 0) is 26.8 Å². The SMILES string of the molecule is CCCCN(CCO)CC(=O)Nc1c(C)n[nH]c1C. The third-order valence-corrected chi connectivity index (χ3v) is 3.00. The molecule has 108 valence electrons. The number of nitrogens with one attached hydrogen (secondary N) is 2. The lowest BCUT2D eigenvalue weighted by atomic mass is 10.3. The summed E-state index contributed by atoms with van der Waals surface area (Å²) in [5, 5.41) is 18.8. The molecule has 1 aromatic rings. The number of aliphatic hydroxyl groups is 1. The molecule has 0 radical (unpaired) electrons. The monoisotopic (exact) mass is 268 g/mol. The van der Waals surface area contributed by atoms with Crippen molar-refractivity contribution < 1.29 is 9.90 Å². The van der Waals surface area contributed by atoms with Crippen LogP contribution < -0.4 is 5.32 Å². The number of hydrogen-bond acceptors (Lipinski definition) is 4. The molecule has 1 amide bonds. The summed E-state index contributed by atoms with van der Waals surface area (Å²) >= 11 is 0. The molecule has 6 nitrogen and oxygen atoms in total. The minimum Gasteiger partial charge on any atom is -0.395 e.